The summed E-state index contributed by atoms with van der Waals surface area (Å²) >= 11 is 0. The number of nitrogens with zero attached hydrogens (tertiary/aromatic N) is 2. The minimum Gasteiger partial charge on any atom is -0.481 e. The van der Waals surface area contributed by atoms with Crippen molar-refractivity contribution >= 4 is 0 Å². The first-order chi connectivity index (χ1) is 8.95. The Labute approximate surface area is 116 Å². The molecule has 0 aliphatic heterocycles. The van der Waals surface area contributed by atoms with Gasteiger partial charge in [-0.2, -0.15) is 5.10 Å². The van der Waals surface area contributed by atoms with E-state index in [0.717, 1.165) is 43.1 Å². The van der Waals surface area contributed by atoms with E-state index in [1.165, 1.54) is 0 Å². The Morgan fingerprint density at radius 3 is 2.63 bits per heavy atom. The predicted molar refractivity (Wildman–Crippen MR) is 76.3 cm³/mol. The van der Waals surface area contributed by atoms with E-state index in [9.17, 15) is 0 Å². The van der Waals surface area contributed by atoms with Crippen LogP contribution in [-0.2, 0) is 20.0 Å². The van der Waals surface area contributed by atoms with Crippen LogP contribution < -0.4 is 10.1 Å². The molecule has 1 aromatic heterocycles. The molecular weight excluding hydrogens is 242 g/mol. The highest BCUT2D eigenvalue weighted by Crippen LogP contribution is 2.23. The summed E-state index contributed by atoms with van der Waals surface area (Å²) in [5.41, 5.74) is 2.30. The number of methoxy groups -OCH3 is 1. The van der Waals surface area contributed by atoms with Crippen LogP contribution in [0.3, 0.4) is 0 Å². The molecular formula is C14H27N3O2. The quantitative estimate of drug-likeness (QED) is 0.750. The van der Waals surface area contributed by atoms with Gasteiger partial charge in [-0.15, -0.1) is 0 Å². The summed E-state index contributed by atoms with van der Waals surface area (Å²) in [6.45, 7) is 8.23. The van der Waals surface area contributed by atoms with Gasteiger partial charge in [0.15, 0.2) is 0 Å². The first-order valence-corrected chi connectivity index (χ1v) is 6.85. The Bertz CT molecular complexity index is 400. The third kappa shape index (κ3) is 4.21. The lowest BCUT2D eigenvalue weighted by Gasteiger charge is -2.24. The van der Waals surface area contributed by atoms with E-state index >= 15 is 0 Å². The van der Waals surface area contributed by atoms with E-state index in [2.05, 4.69) is 31.2 Å². The molecule has 0 bridgehead atoms. The lowest BCUT2D eigenvalue weighted by Crippen LogP contribution is -2.30. The van der Waals surface area contributed by atoms with E-state index in [1.807, 2.05) is 7.05 Å². The minimum atomic E-state index is 0.0938. The van der Waals surface area contributed by atoms with E-state index < -0.39 is 0 Å². The molecule has 1 rings (SSSR count). The summed E-state index contributed by atoms with van der Waals surface area (Å²) in [5.74, 6) is 0.823. The maximum absolute atomic E-state index is 9.02. The van der Waals surface area contributed by atoms with Crippen LogP contribution in [0.5, 0.6) is 5.88 Å². The highest BCUT2D eigenvalue weighted by Gasteiger charge is 2.19. The number of nitrogens with one attached hydrogen (secondary N) is 1. The molecule has 0 fully saturated rings. The lowest BCUT2D eigenvalue weighted by atomic mass is 9.90. The smallest absolute Gasteiger partial charge is 0.216 e. The zero-order chi connectivity index (χ0) is 14.5. The fourth-order valence-corrected chi connectivity index (χ4v) is 2.24. The molecule has 0 amide bonds. The van der Waals surface area contributed by atoms with Crippen molar-refractivity contribution in [3.8, 4) is 5.88 Å². The molecule has 2 N–H and O–H groups in total. The van der Waals surface area contributed by atoms with Gasteiger partial charge >= 0.3 is 0 Å². The second kappa shape index (κ2) is 6.91. The number of aliphatic hydroxyl groups excluding tert-OH is 1. The van der Waals surface area contributed by atoms with Gasteiger partial charge in [0.25, 0.3) is 0 Å². The van der Waals surface area contributed by atoms with Crippen LogP contribution in [0.2, 0.25) is 0 Å². The number of aryl methyl sites for hydroxylation is 2. The van der Waals surface area contributed by atoms with E-state index in [1.54, 1.807) is 11.8 Å². The third-order valence-corrected chi connectivity index (χ3v) is 3.39. The van der Waals surface area contributed by atoms with Gasteiger partial charge in [-0.1, -0.05) is 20.8 Å². The molecule has 19 heavy (non-hydrogen) atoms. The molecule has 1 heterocycles. The molecule has 0 aromatic carbocycles. The standard InChI is InChI=1S/C14H27N3O2/c1-6-12-11(13(19-5)17(4)16-12)9-15-10-14(2,3)7-8-18/h15,18H,6-10H2,1-5H3. The van der Waals surface area contributed by atoms with E-state index in [4.69, 9.17) is 9.84 Å². The predicted octanol–water partition coefficient (Wildman–Crippen LogP) is 1.49. The second-order valence-corrected chi connectivity index (χ2v) is 5.65. The van der Waals surface area contributed by atoms with Gasteiger partial charge in [0.1, 0.15) is 0 Å². The normalized spacial score (nSPS) is 11.9. The van der Waals surface area contributed by atoms with Gasteiger partial charge in [0, 0.05) is 26.7 Å². The zero-order valence-corrected chi connectivity index (χ0v) is 12.8. The van der Waals surface area contributed by atoms with Gasteiger partial charge in [0.05, 0.1) is 18.4 Å². The monoisotopic (exact) mass is 269 g/mol. The molecule has 0 saturated carbocycles. The largest absolute Gasteiger partial charge is 0.481 e. The highest BCUT2D eigenvalue weighted by molar-refractivity contribution is 5.31. The maximum Gasteiger partial charge on any atom is 0.216 e. The van der Waals surface area contributed by atoms with Crippen molar-refractivity contribution in [1.29, 1.82) is 0 Å². The SMILES string of the molecule is CCc1nn(C)c(OC)c1CNCC(C)(C)CCO. The van der Waals surface area contributed by atoms with Gasteiger partial charge in [0.2, 0.25) is 5.88 Å². The van der Waals surface area contributed by atoms with Crippen LogP contribution in [0.25, 0.3) is 0 Å². The average molecular weight is 269 g/mol. The number of hydrogen-bond donors (Lipinski definition) is 2. The van der Waals surface area contributed by atoms with Crippen molar-refractivity contribution in [3.05, 3.63) is 11.3 Å². The number of ether oxygens (including phenoxy) is 1. The van der Waals surface area contributed by atoms with Crippen LogP contribution in [0.1, 0.15) is 38.4 Å². The van der Waals surface area contributed by atoms with Crippen molar-refractivity contribution in [2.75, 3.05) is 20.3 Å². The van der Waals surface area contributed by atoms with Gasteiger partial charge in [-0.05, 0) is 18.3 Å². The topological polar surface area (TPSA) is 59.3 Å². The van der Waals surface area contributed by atoms with Gasteiger partial charge in [-0.25, -0.2) is 4.68 Å². The maximum atomic E-state index is 9.02. The van der Waals surface area contributed by atoms with Crippen LogP contribution in [0, 0.1) is 5.41 Å². The molecule has 0 unspecified atom stereocenters. The molecule has 0 radical (unpaired) electrons. The Morgan fingerprint density at radius 1 is 1.42 bits per heavy atom. The summed E-state index contributed by atoms with van der Waals surface area (Å²) < 4.78 is 7.20. The van der Waals surface area contributed by atoms with Crippen molar-refractivity contribution in [2.24, 2.45) is 12.5 Å². The van der Waals surface area contributed by atoms with Crippen molar-refractivity contribution < 1.29 is 9.84 Å². The van der Waals surface area contributed by atoms with Gasteiger partial charge < -0.3 is 15.2 Å². The van der Waals surface area contributed by atoms with Crippen molar-refractivity contribution in [3.63, 3.8) is 0 Å². The fourth-order valence-electron chi connectivity index (χ4n) is 2.24. The van der Waals surface area contributed by atoms with Crippen molar-refractivity contribution in [2.45, 2.75) is 40.2 Å². The number of aliphatic hydroxyl groups is 1. The number of rotatable bonds is 8. The Hall–Kier alpha value is -1.07. The zero-order valence-electron chi connectivity index (χ0n) is 12.8. The summed E-state index contributed by atoms with van der Waals surface area (Å²) in [4.78, 5) is 0. The average Bonchev–Trinajstić information content (AvgIpc) is 2.64. The van der Waals surface area contributed by atoms with Crippen LogP contribution in [0.15, 0.2) is 0 Å². The third-order valence-electron chi connectivity index (χ3n) is 3.39. The molecule has 0 aliphatic carbocycles. The summed E-state index contributed by atoms with van der Waals surface area (Å²) in [7, 11) is 3.58. The lowest BCUT2D eigenvalue weighted by molar-refractivity contribution is 0.207. The van der Waals surface area contributed by atoms with E-state index in [0.29, 0.717) is 0 Å². The first-order valence-electron chi connectivity index (χ1n) is 6.85. The van der Waals surface area contributed by atoms with Crippen LogP contribution in [-0.4, -0.2) is 35.1 Å². The molecule has 0 aliphatic rings. The number of hydrogen-bond acceptors (Lipinski definition) is 4. The first kappa shape index (κ1) is 16.0. The van der Waals surface area contributed by atoms with Gasteiger partial charge in [-0.3, -0.25) is 0 Å². The molecule has 0 saturated heterocycles. The number of aromatic nitrogens is 2. The summed E-state index contributed by atoms with van der Waals surface area (Å²) in [6, 6.07) is 0. The Kier molecular flexibility index (Phi) is 5.82. The summed E-state index contributed by atoms with van der Waals surface area (Å²) in [6.07, 6.45) is 1.69. The molecule has 1 aromatic rings. The summed E-state index contributed by atoms with van der Waals surface area (Å²) in [5, 5.41) is 16.9. The van der Waals surface area contributed by atoms with Crippen molar-refractivity contribution in [1.82, 2.24) is 15.1 Å². The van der Waals surface area contributed by atoms with Crippen LogP contribution in [0.4, 0.5) is 0 Å². The molecule has 0 atom stereocenters. The minimum absolute atomic E-state index is 0.0938. The molecule has 5 heteroatoms. The molecule has 110 valence electrons. The highest BCUT2D eigenvalue weighted by atomic mass is 16.5. The van der Waals surface area contributed by atoms with Crippen LogP contribution >= 0.6 is 0 Å². The molecule has 0 spiro atoms. The second-order valence-electron chi connectivity index (χ2n) is 5.65. The Balaban J connectivity index is 2.67. The fraction of sp³-hybridized carbons (Fsp3) is 0.786. The van der Waals surface area contributed by atoms with E-state index in [-0.39, 0.29) is 12.0 Å². The Morgan fingerprint density at radius 2 is 2.11 bits per heavy atom. The molecule has 5 nitrogen and oxygen atoms in total.